The lowest BCUT2D eigenvalue weighted by atomic mass is 10.2. The summed E-state index contributed by atoms with van der Waals surface area (Å²) in [7, 11) is -3.73. The van der Waals surface area contributed by atoms with Gasteiger partial charge in [-0.15, -0.1) is 0 Å². The topological polar surface area (TPSA) is 97.3 Å². The fourth-order valence-electron chi connectivity index (χ4n) is 2.70. The smallest absolute Gasteiger partial charge is 0.261 e. The van der Waals surface area contributed by atoms with E-state index in [1.165, 1.54) is 22.8 Å². The Morgan fingerprint density at radius 1 is 1.00 bits per heavy atom. The Balaban J connectivity index is 1.69. The molecule has 2 N–H and O–H groups in total. The first-order valence-electron chi connectivity index (χ1n) is 8.99. The van der Waals surface area contributed by atoms with Gasteiger partial charge < -0.3 is 9.88 Å². The van der Waals surface area contributed by atoms with E-state index in [0.717, 1.165) is 5.56 Å². The highest BCUT2D eigenvalue weighted by atomic mass is 32.2. The summed E-state index contributed by atoms with van der Waals surface area (Å²) in [5, 5.41) is 2.74. The van der Waals surface area contributed by atoms with Gasteiger partial charge in [0.2, 0.25) is 5.91 Å². The minimum Gasteiger partial charge on any atom is -0.326 e. The van der Waals surface area contributed by atoms with Gasteiger partial charge >= 0.3 is 0 Å². The number of hydrogen-bond donors (Lipinski definition) is 2. The minimum atomic E-state index is -3.73. The monoisotopic (exact) mass is 411 g/mol. The first-order chi connectivity index (χ1) is 13.8. The Bertz CT molecular complexity index is 1170. The molecule has 0 saturated heterocycles. The van der Waals surface area contributed by atoms with Crippen molar-refractivity contribution in [1.29, 1.82) is 0 Å². The molecule has 0 aliphatic heterocycles. The Kier molecular flexibility index (Phi) is 6.13. The number of anilines is 2. The second-order valence-electron chi connectivity index (χ2n) is 6.48. The molecule has 150 valence electrons. The molecule has 0 fully saturated rings. The highest BCUT2D eigenvalue weighted by Crippen LogP contribution is 2.23. The van der Waals surface area contributed by atoms with Gasteiger partial charge in [-0.1, -0.05) is 30.3 Å². The van der Waals surface area contributed by atoms with E-state index in [2.05, 4.69) is 10.0 Å². The summed E-state index contributed by atoms with van der Waals surface area (Å²) in [6.45, 7) is 2.03. The van der Waals surface area contributed by atoms with Crippen LogP contribution in [0, 0.1) is 6.92 Å². The molecule has 1 heterocycles. The number of sulfonamides is 1. The minimum absolute atomic E-state index is 0.114. The number of carbonyl (C=O) groups excluding carboxylic acids is 1. The standard InChI is InChI=1S/C21H21N3O4S/c1-16-10-11-17(22-20(25)12-14-24-13-6-5-9-21(24)26)15-19(16)23-29(27,28)18-7-3-2-4-8-18/h2-11,13,15,23H,12,14H2,1H3,(H,22,25). The van der Waals surface area contributed by atoms with E-state index in [0.29, 0.717) is 11.4 Å². The SMILES string of the molecule is Cc1ccc(NC(=O)CCn2ccccc2=O)cc1NS(=O)(=O)c1ccccc1. The predicted molar refractivity (Wildman–Crippen MR) is 112 cm³/mol. The lowest BCUT2D eigenvalue weighted by molar-refractivity contribution is -0.116. The molecular formula is C21H21N3O4S. The second-order valence-corrected chi connectivity index (χ2v) is 8.16. The van der Waals surface area contributed by atoms with Crippen molar-refractivity contribution < 1.29 is 13.2 Å². The normalized spacial score (nSPS) is 11.1. The third-order valence-electron chi connectivity index (χ3n) is 4.30. The maximum Gasteiger partial charge on any atom is 0.261 e. The van der Waals surface area contributed by atoms with Crippen LogP contribution in [0.2, 0.25) is 0 Å². The van der Waals surface area contributed by atoms with Gasteiger partial charge in [-0.3, -0.25) is 14.3 Å². The molecule has 1 aromatic heterocycles. The van der Waals surface area contributed by atoms with Gasteiger partial charge in [-0.05, 0) is 42.8 Å². The fourth-order valence-corrected chi connectivity index (χ4v) is 3.85. The third-order valence-corrected chi connectivity index (χ3v) is 5.68. The van der Waals surface area contributed by atoms with Crippen LogP contribution in [0.15, 0.2) is 82.6 Å². The number of hydrogen-bond acceptors (Lipinski definition) is 4. The van der Waals surface area contributed by atoms with Crippen molar-refractivity contribution in [3.63, 3.8) is 0 Å². The quantitative estimate of drug-likeness (QED) is 0.625. The van der Waals surface area contributed by atoms with Crippen LogP contribution in [0.1, 0.15) is 12.0 Å². The Morgan fingerprint density at radius 2 is 1.72 bits per heavy atom. The Labute approximate surface area is 169 Å². The van der Waals surface area contributed by atoms with Crippen LogP contribution in [0.3, 0.4) is 0 Å². The number of carbonyl (C=O) groups is 1. The highest BCUT2D eigenvalue weighted by Gasteiger charge is 2.15. The van der Waals surface area contributed by atoms with E-state index in [4.69, 9.17) is 0 Å². The molecule has 29 heavy (non-hydrogen) atoms. The largest absolute Gasteiger partial charge is 0.326 e. The summed E-state index contributed by atoms with van der Waals surface area (Å²) >= 11 is 0. The zero-order valence-electron chi connectivity index (χ0n) is 15.8. The zero-order chi connectivity index (χ0) is 20.9. The first kappa shape index (κ1) is 20.3. The average Bonchev–Trinajstić information content (AvgIpc) is 2.70. The fraction of sp³-hybridized carbons (Fsp3) is 0.143. The summed E-state index contributed by atoms with van der Waals surface area (Å²) < 4.78 is 29.1. The summed E-state index contributed by atoms with van der Waals surface area (Å²) in [6.07, 6.45) is 1.74. The number of amides is 1. The van der Waals surface area contributed by atoms with Gasteiger partial charge in [0.1, 0.15) is 0 Å². The van der Waals surface area contributed by atoms with Crippen molar-refractivity contribution in [2.24, 2.45) is 0 Å². The van der Waals surface area contributed by atoms with Crippen LogP contribution >= 0.6 is 0 Å². The summed E-state index contributed by atoms with van der Waals surface area (Å²) in [5.74, 6) is -0.276. The van der Waals surface area contributed by atoms with Crippen molar-refractivity contribution in [2.45, 2.75) is 24.8 Å². The lowest BCUT2D eigenvalue weighted by Gasteiger charge is -2.13. The number of benzene rings is 2. The Morgan fingerprint density at radius 3 is 2.45 bits per heavy atom. The number of aromatic nitrogens is 1. The van der Waals surface area contributed by atoms with Crippen LogP contribution in [0.25, 0.3) is 0 Å². The van der Waals surface area contributed by atoms with E-state index in [1.54, 1.807) is 61.7 Å². The molecule has 1 amide bonds. The number of nitrogens with zero attached hydrogens (tertiary/aromatic N) is 1. The number of pyridine rings is 1. The maximum absolute atomic E-state index is 12.5. The van der Waals surface area contributed by atoms with Crippen molar-refractivity contribution in [2.75, 3.05) is 10.0 Å². The van der Waals surface area contributed by atoms with Gasteiger partial charge in [0, 0.05) is 30.9 Å². The van der Waals surface area contributed by atoms with Gasteiger partial charge in [0.05, 0.1) is 10.6 Å². The van der Waals surface area contributed by atoms with Gasteiger partial charge in [0.25, 0.3) is 15.6 Å². The number of rotatable bonds is 7. The average molecular weight is 411 g/mol. The Hall–Kier alpha value is -3.39. The van der Waals surface area contributed by atoms with Gasteiger partial charge in [-0.2, -0.15) is 0 Å². The summed E-state index contributed by atoms with van der Waals surface area (Å²) in [6, 6.07) is 17.8. The van der Waals surface area contributed by atoms with Crippen molar-refractivity contribution in [1.82, 2.24) is 4.57 Å². The van der Waals surface area contributed by atoms with Crippen LogP contribution in [-0.2, 0) is 21.4 Å². The molecule has 0 spiro atoms. The number of aryl methyl sites for hydroxylation is 2. The number of nitrogens with one attached hydrogen (secondary N) is 2. The lowest BCUT2D eigenvalue weighted by Crippen LogP contribution is -2.21. The summed E-state index contributed by atoms with van der Waals surface area (Å²) in [5.41, 5.74) is 1.39. The van der Waals surface area contributed by atoms with Crippen molar-refractivity contribution >= 4 is 27.3 Å². The van der Waals surface area contributed by atoms with Crippen molar-refractivity contribution in [3.8, 4) is 0 Å². The van der Waals surface area contributed by atoms with Gasteiger partial charge in [0.15, 0.2) is 0 Å². The molecule has 2 aromatic carbocycles. The van der Waals surface area contributed by atoms with Crippen LogP contribution < -0.4 is 15.6 Å². The molecule has 3 aromatic rings. The molecule has 3 rings (SSSR count). The highest BCUT2D eigenvalue weighted by molar-refractivity contribution is 7.92. The third kappa shape index (κ3) is 5.32. The van der Waals surface area contributed by atoms with Crippen LogP contribution in [-0.4, -0.2) is 18.9 Å². The maximum atomic E-state index is 12.5. The molecule has 0 bridgehead atoms. The molecule has 0 radical (unpaired) electrons. The predicted octanol–water partition coefficient (Wildman–Crippen LogP) is 2.99. The van der Waals surface area contributed by atoms with E-state index >= 15 is 0 Å². The molecule has 0 unspecified atom stereocenters. The zero-order valence-corrected chi connectivity index (χ0v) is 16.6. The van der Waals surface area contributed by atoms with E-state index < -0.39 is 10.0 Å². The molecule has 0 atom stereocenters. The molecule has 0 saturated carbocycles. The molecule has 8 heteroatoms. The van der Waals surface area contributed by atoms with Crippen LogP contribution in [0.5, 0.6) is 0 Å². The van der Waals surface area contributed by atoms with Crippen LogP contribution in [0.4, 0.5) is 11.4 Å². The van der Waals surface area contributed by atoms with Gasteiger partial charge in [-0.25, -0.2) is 8.42 Å². The van der Waals surface area contributed by atoms with E-state index in [1.807, 2.05) is 0 Å². The molecule has 7 nitrogen and oxygen atoms in total. The summed E-state index contributed by atoms with van der Waals surface area (Å²) in [4.78, 5) is 24.1. The molecule has 0 aliphatic rings. The second kappa shape index (κ2) is 8.74. The van der Waals surface area contributed by atoms with E-state index in [9.17, 15) is 18.0 Å². The van der Waals surface area contributed by atoms with E-state index in [-0.39, 0.29) is 29.3 Å². The first-order valence-corrected chi connectivity index (χ1v) is 10.5. The van der Waals surface area contributed by atoms with Crippen molar-refractivity contribution in [3.05, 3.63) is 88.8 Å². The molecular weight excluding hydrogens is 390 g/mol. The molecule has 0 aliphatic carbocycles.